The lowest BCUT2D eigenvalue weighted by Crippen LogP contribution is -2.27. The molecule has 1 atom stereocenters. The number of amides is 1. The van der Waals surface area contributed by atoms with E-state index in [2.05, 4.69) is 22.2 Å². The second-order valence-electron chi connectivity index (χ2n) is 6.95. The molecule has 3 rings (SSSR count). The van der Waals surface area contributed by atoms with Gasteiger partial charge in [0.2, 0.25) is 0 Å². The Morgan fingerprint density at radius 1 is 1.07 bits per heavy atom. The van der Waals surface area contributed by atoms with E-state index in [1.54, 1.807) is 0 Å². The van der Waals surface area contributed by atoms with Gasteiger partial charge in [-0.15, -0.1) is 0 Å². The number of ether oxygens (including phenoxy) is 1. The SMILES string of the molecule is COC(=O)c1cc(C(=O)N[C@@H](C)c2ccc3c(c2)CCCC3)cc([N+](=O)[O-])c1. The first kappa shape index (κ1) is 19.5. The fourth-order valence-corrected chi connectivity index (χ4v) is 3.47. The van der Waals surface area contributed by atoms with E-state index >= 15 is 0 Å². The van der Waals surface area contributed by atoms with Crippen molar-refractivity contribution < 1.29 is 19.2 Å². The number of nitrogens with zero attached hydrogens (tertiary/aromatic N) is 1. The van der Waals surface area contributed by atoms with Gasteiger partial charge in [-0.05, 0) is 55.4 Å². The van der Waals surface area contributed by atoms with Gasteiger partial charge in [0.1, 0.15) is 0 Å². The largest absolute Gasteiger partial charge is 0.465 e. The zero-order chi connectivity index (χ0) is 20.3. The summed E-state index contributed by atoms with van der Waals surface area (Å²) in [5.41, 5.74) is 3.31. The van der Waals surface area contributed by atoms with Gasteiger partial charge >= 0.3 is 5.97 Å². The van der Waals surface area contributed by atoms with Gasteiger partial charge in [0.05, 0.1) is 23.6 Å². The summed E-state index contributed by atoms with van der Waals surface area (Å²) in [6, 6.07) is 9.50. The number of rotatable bonds is 5. The Hall–Kier alpha value is -3.22. The molecule has 0 aliphatic heterocycles. The fourth-order valence-electron chi connectivity index (χ4n) is 3.47. The first-order valence-corrected chi connectivity index (χ1v) is 9.19. The lowest BCUT2D eigenvalue weighted by atomic mass is 9.89. The van der Waals surface area contributed by atoms with Crippen LogP contribution in [0.4, 0.5) is 5.69 Å². The standard InChI is InChI=1S/C21H22N2O5/c1-13(15-8-7-14-5-3-4-6-16(14)9-15)22-20(24)17-10-18(21(25)28-2)12-19(11-17)23(26)27/h7-13H,3-6H2,1-2H3,(H,22,24)/t13-/m0/s1. The van der Waals surface area contributed by atoms with E-state index in [9.17, 15) is 19.7 Å². The molecule has 1 N–H and O–H groups in total. The van der Waals surface area contributed by atoms with E-state index in [1.807, 2.05) is 13.0 Å². The van der Waals surface area contributed by atoms with Crippen LogP contribution in [0.25, 0.3) is 0 Å². The number of esters is 1. The van der Waals surface area contributed by atoms with Crippen molar-refractivity contribution in [2.45, 2.75) is 38.6 Å². The van der Waals surface area contributed by atoms with Crippen LogP contribution < -0.4 is 5.32 Å². The molecule has 0 saturated heterocycles. The molecule has 146 valence electrons. The lowest BCUT2D eigenvalue weighted by molar-refractivity contribution is -0.384. The van der Waals surface area contributed by atoms with E-state index in [0.717, 1.165) is 30.5 Å². The van der Waals surface area contributed by atoms with E-state index in [1.165, 1.54) is 37.1 Å². The van der Waals surface area contributed by atoms with Gasteiger partial charge in [0.25, 0.3) is 11.6 Å². The summed E-state index contributed by atoms with van der Waals surface area (Å²) >= 11 is 0. The molecule has 0 heterocycles. The van der Waals surface area contributed by atoms with E-state index in [0.29, 0.717) is 0 Å². The second-order valence-corrected chi connectivity index (χ2v) is 6.95. The number of non-ortho nitro benzene ring substituents is 1. The normalized spacial score (nSPS) is 13.9. The molecule has 0 unspecified atom stereocenters. The number of methoxy groups -OCH3 is 1. The molecule has 7 heteroatoms. The molecule has 0 fully saturated rings. The van der Waals surface area contributed by atoms with Gasteiger partial charge in [-0.25, -0.2) is 4.79 Å². The number of nitro groups is 1. The molecule has 28 heavy (non-hydrogen) atoms. The first-order chi connectivity index (χ1) is 13.4. The lowest BCUT2D eigenvalue weighted by Gasteiger charge is -2.20. The van der Waals surface area contributed by atoms with Gasteiger partial charge in [0.15, 0.2) is 0 Å². The molecule has 0 radical (unpaired) electrons. The molecule has 0 aromatic heterocycles. The zero-order valence-electron chi connectivity index (χ0n) is 15.9. The van der Waals surface area contributed by atoms with Crippen molar-refractivity contribution in [1.29, 1.82) is 0 Å². The van der Waals surface area contributed by atoms with E-state index in [-0.39, 0.29) is 22.9 Å². The molecule has 0 saturated carbocycles. The average molecular weight is 382 g/mol. The molecule has 1 aliphatic carbocycles. The number of fused-ring (bicyclic) bond motifs is 1. The Kier molecular flexibility index (Phi) is 5.73. The van der Waals surface area contributed by atoms with Crippen molar-refractivity contribution in [3.05, 3.63) is 74.3 Å². The molecule has 1 amide bonds. The van der Waals surface area contributed by atoms with Crippen LogP contribution in [0.5, 0.6) is 0 Å². The van der Waals surface area contributed by atoms with Gasteiger partial charge in [0, 0.05) is 17.7 Å². The maximum atomic E-state index is 12.7. The quantitative estimate of drug-likeness (QED) is 0.482. The molecule has 7 nitrogen and oxygen atoms in total. The van der Waals surface area contributed by atoms with Gasteiger partial charge < -0.3 is 10.1 Å². The summed E-state index contributed by atoms with van der Waals surface area (Å²) < 4.78 is 4.62. The Morgan fingerprint density at radius 3 is 2.43 bits per heavy atom. The van der Waals surface area contributed by atoms with Crippen molar-refractivity contribution in [1.82, 2.24) is 5.32 Å². The van der Waals surface area contributed by atoms with Crippen LogP contribution >= 0.6 is 0 Å². The highest BCUT2D eigenvalue weighted by atomic mass is 16.6. The molecule has 0 spiro atoms. The predicted molar refractivity (Wildman–Crippen MR) is 103 cm³/mol. The molecule has 2 aromatic rings. The number of hydrogen-bond acceptors (Lipinski definition) is 5. The molecule has 1 aliphatic rings. The summed E-state index contributed by atoms with van der Waals surface area (Å²) in [5, 5.41) is 14.0. The minimum absolute atomic E-state index is 0.0386. The monoisotopic (exact) mass is 382 g/mol. The second kappa shape index (κ2) is 8.21. The molecular weight excluding hydrogens is 360 g/mol. The van der Waals surface area contributed by atoms with Crippen LogP contribution in [-0.4, -0.2) is 23.9 Å². The Morgan fingerprint density at radius 2 is 1.75 bits per heavy atom. The zero-order valence-corrected chi connectivity index (χ0v) is 15.9. The van der Waals surface area contributed by atoms with Gasteiger partial charge in [-0.3, -0.25) is 14.9 Å². The van der Waals surface area contributed by atoms with Crippen LogP contribution in [0.2, 0.25) is 0 Å². The number of aryl methyl sites for hydroxylation is 2. The topological polar surface area (TPSA) is 98.5 Å². The van der Waals surface area contributed by atoms with Crippen molar-refractivity contribution >= 4 is 17.6 Å². The number of nitrogens with one attached hydrogen (secondary N) is 1. The Bertz CT molecular complexity index is 938. The van der Waals surface area contributed by atoms with Crippen LogP contribution in [0, 0.1) is 10.1 Å². The van der Waals surface area contributed by atoms with Gasteiger partial charge in [-0.2, -0.15) is 0 Å². The number of hydrogen-bond donors (Lipinski definition) is 1. The smallest absolute Gasteiger partial charge is 0.338 e. The number of benzene rings is 2. The third-order valence-electron chi connectivity index (χ3n) is 5.03. The number of nitro benzene ring substituents is 1. The molecule has 2 aromatic carbocycles. The maximum Gasteiger partial charge on any atom is 0.338 e. The van der Waals surface area contributed by atoms with Crippen molar-refractivity contribution in [3.63, 3.8) is 0 Å². The van der Waals surface area contributed by atoms with Crippen LogP contribution in [-0.2, 0) is 17.6 Å². The molecule has 0 bridgehead atoms. The average Bonchev–Trinajstić information content (AvgIpc) is 2.72. The predicted octanol–water partition coefficient (Wildman–Crippen LogP) is 3.75. The van der Waals surface area contributed by atoms with Crippen molar-refractivity contribution in [2.75, 3.05) is 7.11 Å². The highest BCUT2D eigenvalue weighted by molar-refractivity contribution is 5.99. The number of carbonyl (C=O) groups is 2. The third kappa shape index (κ3) is 4.19. The number of carbonyl (C=O) groups excluding carboxylic acids is 2. The van der Waals surface area contributed by atoms with E-state index in [4.69, 9.17) is 0 Å². The van der Waals surface area contributed by atoms with Crippen LogP contribution in [0.3, 0.4) is 0 Å². The highest BCUT2D eigenvalue weighted by Crippen LogP contribution is 2.25. The first-order valence-electron chi connectivity index (χ1n) is 9.19. The Labute approximate surface area is 162 Å². The minimum atomic E-state index is -0.736. The summed E-state index contributed by atoms with van der Waals surface area (Å²) in [6.07, 6.45) is 4.49. The summed E-state index contributed by atoms with van der Waals surface area (Å²) in [5.74, 6) is -1.22. The van der Waals surface area contributed by atoms with Crippen LogP contribution in [0.15, 0.2) is 36.4 Å². The summed E-state index contributed by atoms with van der Waals surface area (Å²) in [7, 11) is 1.18. The highest BCUT2D eigenvalue weighted by Gasteiger charge is 2.20. The molecular formula is C21H22N2O5. The van der Waals surface area contributed by atoms with Crippen molar-refractivity contribution in [3.8, 4) is 0 Å². The summed E-state index contributed by atoms with van der Waals surface area (Å²) in [6.45, 7) is 1.86. The third-order valence-corrected chi connectivity index (χ3v) is 5.03. The van der Waals surface area contributed by atoms with Crippen molar-refractivity contribution in [2.24, 2.45) is 0 Å². The maximum absolute atomic E-state index is 12.7. The minimum Gasteiger partial charge on any atom is -0.465 e. The summed E-state index contributed by atoms with van der Waals surface area (Å²) in [4.78, 5) is 34.9. The van der Waals surface area contributed by atoms with Crippen LogP contribution in [0.1, 0.15) is 63.2 Å². The van der Waals surface area contributed by atoms with E-state index < -0.39 is 16.8 Å². The fraction of sp³-hybridized carbons (Fsp3) is 0.333. The Balaban J connectivity index is 1.83. The van der Waals surface area contributed by atoms with Gasteiger partial charge in [-0.1, -0.05) is 18.2 Å².